The topological polar surface area (TPSA) is 171 Å². The molecule has 2 fully saturated rings. The van der Waals surface area contributed by atoms with E-state index in [0.717, 1.165) is 46.1 Å². The van der Waals surface area contributed by atoms with Crippen molar-refractivity contribution in [3.63, 3.8) is 0 Å². The zero-order chi connectivity index (χ0) is 39.9. The van der Waals surface area contributed by atoms with Gasteiger partial charge < -0.3 is 28.7 Å². The summed E-state index contributed by atoms with van der Waals surface area (Å²) in [6, 6.07) is 16.9. The van der Waals surface area contributed by atoms with Gasteiger partial charge in [-0.3, -0.25) is 29.5 Å². The molecule has 292 valence electrons. The van der Waals surface area contributed by atoms with Gasteiger partial charge in [-0.2, -0.15) is 4.98 Å². The van der Waals surface area contributed by atoms with Gasteiger partial charge in [0, 0.05) is 60.8 Å². The molecule has 3 aliphatic rings. The second kappa shape index (κ2) is 15.2. The minimum atomic E-state index is -0.448. The van der Waals surface area contributed by atoms with E-state index in [9.17, 15) is 19.2 Å². The number of ether oxygens (including phenoxy) is 2. The van der Waals surface area contributed by atoms with Gasteiger partial charge in [-0.1, -0.05) is 18.1 Å². The first kappa shape index (κ1) is 36.8. The lowest BCUT2D eigenvalue weighted by Crippen LogP contribution is -2.39. The Balaban J connectivity index is 0.901. The molecule has 2 saturated heterocycles. The molecule has 9 rings (SSSR count). The van der Waals surface area contributed by atoms with Crippen molar-refractivity contribution in [1.29, 1.82) is 0 Å². The van der Waals surface area contributed by atoms with Crippen LogP contribution in [-0.4, -0.2) is 70.2 Å². The molecule has 2 N–H and O–H groups in total. The molecule has 3 aliphatic heterocycles. The Morgan fingerprint density at radius 3 is 2.64 bits per heavy atom. The smallest absolute Gasteiger partial charge is 0.270 e. The number of benzene rings is 2. The first-order chi connectivity index (χ1) is 28.2. The highest BCUT2D eigenvalue weighted by molar-refractivity contribution is 6.03. The van der Waals surface area contributed by atoms with Crippen LogP contribution < -0.4 is 25.8 Å². The predicted molar refractivity (Wildman–Crippen MR) is 215 cm³/mol. The van der Waals surface area contributed by atoms with Crippen LogP contribution in [0.3, 0.4) is 0 Å². The molecule has 58 heavy (non-hydrogen) atoms. The van der Waals surface area contributed by atoms with Crippen molar-refractivity contribution in [1.82, 2.24) is 30.2 Å². The third-order valence-corrected chi connectivity index (χ3v) is 11.1. The third-order valence-electron chi connectivity index (χ3n) is 11.1. The number of fused-ring (bicyclic) bond motifs is 3. The number of aryl methyl sites for hydroxylation is 2. The summed E-state index contributed by atoms with van der Waals surface area (Å²) in [7, 11) is 1.82. The number of carbonyl (C=O) groups excluding carboxylic acids is 3. The molecule has 0 radical (unpaired) electrons. The second-order valence-corrected chi connectivity index (χ2v) is 14.7. The molecule has 1 atom stereocenters. The van der Waals surface area contributed by atoms with Crippen LogP contribution in [0, 0.1) is 18.8 Å². The number of hydrogen-bond donors (Lipinski definition) is 2. The standard InChI is InChI=1S/C44H39N7O7/c1-25-19-33-35(50(2)44(25)55)20-28(26-12-16-56-17-13-26)21-36(33)51-15-18-57-43-37(51)24-47-40(49-43)27-8-10-34(46-23-27)42(54)45-14-4-5-29-22-32-30(6-3-7-38(32)58-29)31-9-11-39(52)48-41(31)53/h3,6-8,10,19-24,26,31H,9,11-18H2,1-2H3,(H,45,54)(H,48,52,53). The molecule has 0 spiro atoms. The van der Waals surface area contributed by atoms with Crippen LogP contribution in [0.25, 0.3) is 33.3 Å². The maximum absolute atomic E-state index is 13.0. The third kappa shape index (κ3) is 6.94. The van der Waals surface area contributed by atoms with Crippen molar-refractivity contribution < 1.29 is 28.3 Å². The van der Waals surface area contributed by atoms with Crippen LogP contribution >= 0.6 is 0 Å². The average Bonchev–Trinajstić information content (AvgIpc) is 3.68. The molecular formula is C44H39N7O7. The van der Waals surface area contributed by atoms with E-state index in [1.807, 2.05) is 32.2 Å². The molecule has 6 aromatic rings. The summed E-state index contributed by atoms with van der Waals surface area (Å²) in [5.74, 6) is 5.95. The lowest BCUT2D eigenvalue weighted by Gasteiger charge is -2.32. The lowest BCUT2D eigenvalue weighted by atomic mass is 9.88. The summed E-state index contributed by atoms with van der Waals surface area (Å²) in [6.45, 7) is 4.27. The maximum atomic E-state index is 13.0. The summed E-state index contributed by atoms with van der Waals surface area (Å²) >= 11 is 0. The van der Waals surface area contributed by atoms with Gasteiger partial charge in [-0.25, -0.2) is 4.98 Å². The predicted octanol–water partition coefficient (Wildman–Crippen LogP) is 5.17. The number of nitrogens with one attached hydrogen (secondary N) is 2. The minimum absolute atomic E-state index is 0.0210. The summed E-state index contributed by atoms with van der Waals surface area (Å²) in [6.07, 6.45) is 5.84. The summed E-state index contributed by atoms with van der Waals surface area (Å²) in [4.78, 5) is 66.1. The fraction of sp³-hybridized carbons (Fsp3) is 0.295. The van der Waals surface area contributed by atoms with E-state index in [1.54, 1.807) is 41.2 Å². The highest BCUT2D eigenvalue weighted by Crippen LogP contribution is 2.42. The average molecular weight is 778 g/mol. The minimum Gasteiger partial charge on any atom is -0.474 e. The van der Waals surface area contributed by atoms with Crippen molar-refractivity contribution in [2.75, 3.05) is 37.8 Å². The first-order valence-electron chi connectivity index (χ1n) is 19.3. The zero-order valence-corrected chi connectivity index (χ0v) is 32.0. The number of anilines is 2. The SMILES string of the molecule is Cc1cc2c(N3CCOc4nc(-c5ccc(C(=O)NCC#Cc6cc7c(C8CCC(=O)NC8=O)cccc7o6)nc5)ncc43)cc(C3CCOCC3)cc2n(C)c1=O. The number of amides is 3. The Bertz CT molecular complexity index is 2760. The first-order valence-corrected chi connectivity index (χ1v) is 19.3. The number of aromatic nitrogens is 4. The van der Waals surface area contributed by atoms with Gasteiger partial charge in [-0.15, -0.1) is 0 Å². The summed E-state index contributed by atoms with van der Waals surface area (Å²) in [5, 5.41) is 6.89. The number of rotatable bonds is 6. The van der Waals surface area contributed by atoms with Crippen molar-refractivity contribution in [3.05, 3.63) is 105 Å². The molecule has 14 heteroatoms. The molecule has 14 nitrogen and oxygen atoms in total. The second-order valence-electron chi connectivity index (χ2n) is 14.7. The number of furan rings is 1. The molecule has 0 bridgehead atoms. The van der Waals surface area contributed by atoms with Crippen molar-refractivity contribution in [2.45, 2.75) is 44.4 Å². The number of pyridine rings is 2. The largest absolute Gasteiger partial charge is 0.474 e. The Labute approximate surface area is 332 Å². The summed E-state index contributed by atoms with van der Waals surface area (Å²) in [5.41, 5.74) is 6.55. The molecule has 0 saturated carbocycles. The molecule has 3 amide bonds. The number of piperidine rings is 1. The Kier molecular flexibility index (Phi) is 9.66. The Morgan fingerprint density at radius 2 is 1.83 bits per heavy atom. The Morgan fingerprint density at radius 1 is 0.966 bits per heavy atom. The van der Waals surface area contributed by atoms with Gasteiger partial charge in [-0.05, 0) is 85.5 Å². The van der Waals surface area contributed by atoms with E-state index in [-0.39, 0.29) is 36.0 Å². The van der Waals surface area contributed by atoms with Gasteiger partial charge in [0.25, 0.3) is 11.5 Å². The Hall–Kier alpha value is -6.85. The monoisotopic (exact) mass is 777 g/mol. The summed E-state index contributed by atoms with van der Waals surface area (Å²) < 4.78 is 19.3. The molecule has 2 aromatic carbocycles. The normalized spacial score (nSPS) is 17.0. The van der Waals surface area contributed by atoms with Crippen LogP contribution in [0.15, 0.2) is 76.2 Å². The number of carbonyl (C=O) groups is 3. The van der Waals surface area contributed by atoms with E-state index in [0.29, 0.717) is 72.9 Å². The molecule has 4 aromatic heterocycles. The quantitative estimate of drug-likeness (QED) is 0.169. The molecule has 1 unspecified atom stereocenters. The van der Waals surface area contributed by atoms with E-state index >= 15 is 0 Å². The number of imide groups is 1. The van der Waals surface area contributed by atoms with E-state index < -0.39 is 11.8 Å². The fourth-order valence-electron chi connectivity index (χ4n) is 8.05. The van der Waals surface area contributed by atoms with Gasteiger partial charge in [0.05, 0.1) is 36.4 Å². The van der Waals surface area contributed by atoms with Gasteiger partial charge in [0.2, 0.25) is 17.7 Å². The highest BCUT2D eigenvalue weighted by atomic mass is 16.5. The van der Waals surface area contributed by atoms with E-state index in [1.165, 1.54) is 5.56 Å². The number of nitrogens with zero attached hydrogens (tertiary/aromatic N) is 5. The van der Waals surface area contributed by atoms with Crippen LogP contribution in [0.2, 0.25) is 0 Å². The lowest BCUT2D eigenvalue weighted by molar-refractivity contribution is -0.134. The maximum Gasteiger partial charge on any atom is 0.270 e. The van der Waals surface area contributed by atoms with Crippen LogP contribution in [0.5, 0.6) is 5.88 Å². The zero-order valence-electron chi connectivity index (χ0n) is 32.0. The van der Waals surface area contributed by atoms with Crippen LogP contribution in [-0.2, 0) is 21.4 Å². The fourth-order valence-corrected chi connectivity index (χ4v) is 8.05. The molecular weight excluding hydrogens is 739 g/mol. The molecule has 0 aliphatic carbocycles. The van der Waals surface area contributed by atoms with Gasteiger partial charge in [0.1, 0.15) is 23.6 Å². The van der Waals surface area contributed by atoms with Gasteiger partial charge >= 0.3 is 0 Å². The number of hydrogen-bond acceptors (Lipinski definition) is 11. The van der Waals surface area contributed by atoms with Crippen LogP contribution in [0.4, 0.5) is 11.4 Å². The van der Waals surface area contributed by atoms with E-state index in [4.69, 9.17) is 23.9 Å². The van der Waals surface area contributed by atoms with E-state index in [2.05, 4.69) is 44.5 Å². The molecule has 7 heterocycles. The van der Waals surface area contributed by atoms with Crippen molar-refractivity contribution in [3.8, 4) is 29.1 Å². The van der Waals surface area contributed by atoms with Crippen LogP contribution in [0.1, 0.15) is 70.5 Å². The van der Waals surface area contributed by atoms with Gasteiger partial charge in [0.15, 0.2) is 11.6 Å². The van der Waals surface area contributed by atoms with Crippen molar-refractivity contribution in [2.24, 2.45) is 7.05 Å². The highest BCUT2D eigenvalue weighted by Gasteiger charge is 2.30. The van der Waals surface area contributed by atoms with Crippen molar-refractivity contribution >= 4 is 51.0 Å².